The van der Waals surface area contributed by atoms with Crippen molar-refractivity contribution in [2.24, 2.45) is 11.7 Å². The number of hydrogen-bond donors (Lipinski definition) is 3. The van der Waals surface area contributed by atoms with Gasteiger partial charge in [0.2, 0.25) is 0 Å². The van der Waals surface area contributed by atoms with E-state index in [9.17, 15) is 5.11 Å². The van der Waals surface area contributed by atoms with Crippen molar-refractivity contribution in [1.29, 1.82) is 0 Å². The van der Waals surface area contributed by atoms with E-state index >= 15 is 0 Å². The van der Waals surface area contributed by atoms with Gasteiger partial charge in [-0.3, -0.25) is 5.10 Å². The summed E-state index contributed by atoms with van der Waals surface area (Å²) >= 11 is 0. The average Bonchev–Trinajstić information content (AvgIpc) is 2.57. The first-order valence-electron chi connectivity index (χ1n) is 4.11. The monoisotopic (exact) mass is 167 g/mol. The first-order chi connectivity index (χ1) is 5.68. The van der Waals surface area contributed by atoms with Crippen molar-refractivity contribution >= 4 is 0 Å². The minimum atomic E-state index is -0.581. The Hall–Kier alpha value is -0.870. The van der Waals surface area contributed by atoms with Crippen molar-refractivity contribution in [3.63, 3.8) is 0 Å². The molecule has 1 aromatic heterocycles. The van der Waals surface area contributed by atoms with Gasteiger partial charge in [0.25, 0.3) is 0 Å². The molecule has 4 N–H and O–H groups in total. The molecule has 0 bridgehead atoms. The lowest BCUT2D eigenvalue weighted by molar-refractivity contribution is 0.159. The molecule has 0 aliphatic heterocycles. The Kier molecular flexibility index (Phi) is 1.49. The van der Waals surface area contributed by atoms with Crippen molar-refractivity contribution in [2.75, 3.05) is 6.61 Å². The fraction of sp³-hybridized carbons (Fsp3) is 0.625. The van der Waals surface area contributed by atoms with E-state index in [1.54, 1.807) is 6.20 Å². The molecular formula is C8H13N3O. The second-order valence-corrected chi connectivity index (χ2v) is 3.57. The van der Waals surface area contributed by atoms with E-state index in [1.165, 1.54) is 0 Å². The molecular weight excluding hydrogens is 154 g/mol. The summed E-state index contributed by atoms with van der Waals surface area (Å²) in [6, 6.07) is 0. The largest absolute Gasteiger partial charge is 0.394 e. The second kappa shape index (κ2) is 2.31. The number of nitrogens with zero attached hydrogens (tertiary/aromatic N) is 1. The zero-order valence-corrected chi connectivity index (χ0v) is 7.04. The highest BCUT2D eigenvalue weighted by Gasteiger charge is 2.42. The first-order valence-corrected chi connectivity index (χ1v) is 4.11. The molecule has 0 aromatic carbocycles. The molecule has 12 heavy (non-hydrogen) atoms. The summed E-state index contributed by atoms with van der Waals surface area (Å²) < 4.78 is 0. The second-order valence-electron chi connectivity index (χ2n) is 3.57. The SMILES string of the molecule is CC1Cc2[nH]ncc2C1(N)CO. The quantitative estimate of drug-likeness (QED) is 0.540. The van der Waals surface area contributed by atoms with Crippen LogP contribution in [0, 0.1) is 5.92 Å². The highest BCUT2D eigenvalue weighted by atomic mass is 16.3. The predicted octanol–water partition coefficient (Wildman–Crippen LogP) is -0.252. The number of hydrogen-bond acceptors (Lipinski definition) is 3. The van der Waals surface area contributed by atoms with Crippen LogP contribution in [-0.4, -0.2) is 21.9 Å². The minimum absolute atomic E-state index is 0.0132. The summed E-state index contributed by atoms with van der Waals surface area (Å²) in [7, 11) is 0. The fourth-order valence-corrected chi connectivity index (χ4v) is 1.86. The Balaban J connectivity index is 2.48. The molecule has 2 rings (SSSR count). The van der Waals surface area contributed by atoms with Gasteiger partial charge < -0.3 is 10.8 Å². The van der Waals surface area contributed by atoms with Crippen molar-refractivity contribution in [2.45, 2.75) is 18.9 Å². The molecule has 0 saturated carbocycles. The summed E-state index contributed by atoms with van der Waals surface area (Å²) in [5.74, 6) is 0.284. The van der Waals surface area contributed by atoms with Crippen LogP contribution < -0.4 is 5.73 Å². The Morgan fingerprint density at radius 3 is 3.33 bits per heavy atom. The van der Waals surface area contributed by atoms with Gasteiger partial charge in [-0.1, -0.05) is 6.92 Å². The fourth-order valence-electron chi connectivity index (χ4n) is 1.86. The summed E-state index contributed by atoms with van der Waals surface area (Å²) in [5, 5.41) is 16.0. The molecule has 1 aliphatic rings. The van der Waals surface area contributed by atoms with Crippen molar-refractivity contribution in [1.82, 2.24) is 10.2 Å². The molecule has 0 amide bonds. The van der Waals surface area contributed by atoms with Crippen molar-refractivity contribution < 1.29 is 5.11 Å². The maximum atomic E-state index is 9.19. The van der Waals surface area contributed by atoms with Gasteiger partial charge in [0, 0.05) is 11.3 Å². The number of aromatic amines is 1. The number of rotatable bonds is 1. The van der Waals surface area contributed by atoms with Gasteiger partial charge in [0.1, 0.15) is 0 Å². The smallest absolute Gasteiger partial charge is 0.0707 e. The van der Waals surface area contributed by atoms with Crippen LogP contribution in [0.2, 0.25) is 0 Å². The van der Waals surface area contributed by atoms with Crippen molar-refractivity contribution in [3.05, 3.63) is 17.5 Å². The normalized spacial score (nSPS) is 33.8. The number of nitrogens with two attached hydrogens (primary N) is 1. The molecule has 1 aliphatic carbocycles. The lowest BCUT2D eigenvalue weighted by Gasteiger charge is -2.26. The average molecular weight is 167 g/mol. The molecule has 0 fully saturated rings. The van der Waals surface area contributed by atoms with Crippen LogP contribution in [0.15, 0.2) is 6.20 Å². The van der Waals surface area contributed by atoms with Crippen LogP contribution in [0.5, 0.6) is 0 Å². The summed E-state index contributed by atoms with van der Waals surface area (Å²) in [4.78, 5) is 0. The van der Waals surface area contributed by atoms with Crippen LogP contribution in [0.4, 0.5) is 0 Å². The van der Waals surface area contributed by atoms with E-state index in [0.717, 1.165) is 17.7 Å². The Morgan fingerprint density at radius 1 is 1.92 bits per heavy atom. The number of H-pyrrole nitrogens is 1. The van der Waals surface area contributed by atoms with Gasteiger partial charge >= 0.3 is 0 Å². The van der Waals surface area contributed by atoms with Gasteiger partial charge in [-0.25, -0.2) is 0 Å². The predicted molar refractivity (Wildman–Crippen MR) is 44.4 cm³/mol. The van der Waals surface area contributed by atoms with Crippen molar-refractivity contribution in [3.8, 4) is 0 Å². The molecule has 0 radical (unpaired) electrons. The number of aliphatic hydroxyl groups excluding tert-OH is 1. The zero-order valence-electron chi connectivity index (χ0n) is 7.04. The summed E-state index contributed by atoms with van der Waals surface area (Å²) in [5.41, 5.74) is 7.51. The topological polar surface area (TPSA) is 74.9 Å². The minimum Gasteiger partial charge on any atom is -0.394 e. The third-order valence-electron chi connectivity index (χ3n) is 2.87. The molecule has 2 atom stereocenters. The van der Waals surface area contributed by atoms with E-state index in [0.29, 0.717) is 0 Å². The van der Waals surface area contributed by atoms with Crippen LogP contribution >= 0.6 is 0 Å². The third-order valence-corrected chi connectivity index (χ3v) is 2.87. The van der Waals surface area contributed by atoms with Gasteiger partial charge in [-0.15, -0.1) is 0 Å². The third kappa shape index (κ3) is 0.763. The molecule has 0 saturated heterocycles. The molecule has 1 aromatic rings. The number of nitrogens with one attached hydrogen (secondary N) is 1. The lowest BCUT2D eigenvalue weighted by atomic mass is 9.87. The summed E-state index contributed by atoms with van der Waals surface area (Å²) in [6.45, 7) is 2.03. The Labute approximate surface area is 70.8 Å². The van der Waals surface area contributed by atoms with E-state index in [-0.39, 0.29) is 12.5 Å². The van der Waals surface area contributed by atoms with E-state index in [4.69, 9.17) is 5.73 Å². The number of fused-ring (bicyclic) bond motifs is 1. The first kappa shape index (κ1) is 7.76. The molecule has 2 unspecified atom stereocenters. The molecule has 4 heteroatoms. The van der Waals surface area contributed by atoms with Crippen LogP contribution in [0.25, 0.3) is 0 Å². The van der Waals surface area contributed by atoms with E-state index in [1.807, 2.05) is 6.92 Å². The lowest BCUT2D eigenvalue weighted by Crippen LogP contribution is -2.43. The highest BCUT2D eigenvalue weighted by molar-refractivity contribution is 5.33. The van der Waals surface area contributed by atoms with Crippen LogP contribution in [0.1, 0.15) is 18.2 Å². The number of aliphatic hydroxyl groups is 1. The van der Waals surface area contributed by atoms with Gasteiger partial charge in [-0.05, 0) is 12.3 Å². The zero-order chi connectivity index (χ0) is 8.77. The maximum absolute atomic E-state index is 9.19. The van der Waals surface area contributed by atoms with Gasteiger partial charge in [0.05, 0.1) is 18.3 Å². The Bertz CT molecular complexity index is 296. The highest BCUT2D eigenvalue weighted by Crippen LogP contribution is 2.37. The van der Waals surface area contributed by atoms with E-state index < -0.39 is 5.54 Å². The standard InChI is InChI=1S/C8H13N3O/c1-5-2-7-6(3-10-11-7)8(5,9)4-12/h3,5,12H,2,4,9H2,1H3,(H,10,11). The molecule has 66 valence electrons. The number of aromatic nitrogens is 2. The van der Waals surface area contributed by atoms with Gasteiger partial charge in [0.15, 0.2) is 0 Å². The summed E-state index contributed by atoms with van der Waals surface area (Å²) in [6.07, 6.45) is 2.60. The van der Waals surface area contributed by atoms with E-state index in [2.05, 4.69) is 10.2 Å². The van der Waals surface area contributed by atoms with Gasteiger partial charge in [-0.2, -0.15) is 5.10 Å². The Morgan fingerprint density at radius 2 is 2.67 bits per heavy atom. The van der Waals surface area contributed by atoms with Crippen LogP contribution in [-0.2, 0) is 12.0 Å². The molecule has 4 nitrogen and oxygen atoms in total. The van der Waals surface area contributed by atoms with Crippen LogP contribution in [0.3, 0.4) is 0 Å². The molecule has 1 heterocycles. The molecule has 0 spiro atoms. The maximum Gasteiger partial charge on any atom is 0.0707 e.